The summed E-state index contributed by atoms with van der Waals surface area (Å²) >= 11 is 0. The van der Waals surface area contributed by atoms with E-state index in [4.69, 9.17) is 16.0 Å². The number of carbonyl (C=O) groups is 1. The molecule has 0 aliphatic heterocycles. The maximum atomic E-state index is 11.9. The Labute approximate surface area is 167 Å². The van der Waals surface area contributed by atoms with Crippen LogP contribution in [0.2, 0.25) is 0 Å². The summed E-state index contributed by atoms with van der Waals surface area (Å²) in [6.45, 7) is 3.26. The minimum Gasteiger partial charge on any atom is -0.541 e. The number of nitrogen functional groups attached to an aromatic ring is 1. The minimum absolute atomic E-state index is 0. The number of oxime groups is 1. The Bertz CT molecular complexity index is 589. The fraction of sp³-hybridized carbons (Fsp3) is 0.375. The summed E-state index contributed by atoms with van der Waals surface area (Å²) in [7, 11) is 1.61. The van der Waals surface area contributed by atoms with Gasteiger partial charge < -0.3 is 20.3 Å². The molecule has 24 heavy (non-hydrogen) atoms. The van der Waals surface area contributed by atoms with Crippen molar-refractivity contribution in [3.05, 3.63) is 35.4 Å². The summed E-state index contributed by atoms with van der Waals surface area (Å²) in [5, 5.41) is 11.0. The van der Waals surface area contributed by atoms with Crippen molar-refractivity contribution in [2.45, 2.75) is 19.9 Å². The van der Waals surface area contributed by atoms with E-state index in [2.05, 4.69) is 5.16 Å². The summed E-state index contributed by atoms with van der Waals surface area (Å²) in [6, 6.07) is 6.61. The van der Waals surface area contributed by atoms with Crippen LogP contribution < -0.4 is 5.73 Å². The predicted molar refractivity (Wildman–Crippen MR) is 88.1 cm³/mol. The van der Waals surface area contributed by atoms with Gasteiger partial charge in [0.25, 0.3) is 5.91 Å². The molecule has 0 aliphatic carbocycles. The van der Waals surface area contributed by atoms with Gasteiger partial charge in [-0.2, -0.15) is 0 Å². The second-order valence-corrected chi connectivity index (χ2v) is 5.20. The summed E-state index contributed by atoms with van der Waals surface area (Å²) < 4.78 is 0. The zero-order valence-corrected chi connectivity index (χ0v) is 16.9. The molecule has 0 aromatic heterocycles. The van der Waals surface area contributed by atoms with Crippen molar-refractivity contribution in [3.63, 3.8) is 0 Å². The first-order chi connectivity index (χ1) is 10.9. The van der Waals surface area contributed by atoms with Crippen molar-refractivity contribution in [3.8, 4) is 0 Å². The van der Waals surface area contributed by atoms with Crippen molar-refractivity contribution >= 4 is 24.2 Å². The Morgan fingerprint density at radius 2 is 2.00 bits per heavy atom. The van der Waals surface area contributed by atoms with Crippen LogP contribution in [0.1, 0.15) is 25.0 Å². The van der Waals surface area contributed by atoms with Crippen LogP contribution in [0.5, 0.6) is 0 Å². The van der Waals surface area contributed by atoms with Crippen molar-refractivity contribution in [1.29, 1.82) is 5.41 Å². The average Bonchev–Trinajstić information content (AvgIpc) is 2.56. The van der Waals surface area contributed by atoms with E-state index >= 15 is 0 Å². The zero-order chi connectivity index (χ0) is 17.4. The molecule has 0 fully saturated rings. The number of nitrogens with one attached hydrogen (secondary N) is 1. The minimum atomic E-state index is -0.368. The fourth-order valence-corrected chi connectivity index (χ4v) is 1.70. The van der Waals surface area contributed by atoms with Gasteiger partial charge in [-0.05, 0) is 12.5 Å². The summed E-state index contributed by atoms with van der Waals surface area (Å²) in [6.07, 6.45) is 3.32. The SMILES string of the molecule is CC([C-]=O)C(C)N(C)C(=O)CO/N=C/c1ccc(C(=N)N)cc1.[Y]. The summed E-state index contributed by atoms with van der Waals surface area (Å²) in [5.41, 5.74) is 6.74. The van der Waals surface area contributed by atoms with Gasteiger partial charge in [0.15, 0.2) is 6.61 Å². The van der Waals surface area contributed by atoms with Gasteiger partial charge in [0.05, 0.1) is 6.21 Å². The van der Waals surface area contributed by atoms with Gasteiger partial charge in [0, 0.05) is 51.4 Å². The molecule has 1 radical (unpaired) electrons. The molecule has 0 bridgehead atoms. The van der Waals surface area contributed by atoms with Crippen molar-refractivity contribution in [1.82, 2.24) is 4.90 Å². The Morgan fingerprint density at radius 1 is 1.42 bits per heavy atom. The quantitative estimate of drug-likeness (QED) is 0.290. The van der Waals surface area contributed by atoms with Crippen LogP contribution in [0, 0.1) is 11.3 Å². The molecule has 2 atom stereocenters. The maximum Gasteiger partial charge on any atom is 0.263 e. The number of likely N-dealkylation sites (N-methyl/N-ethyl adjacent to an activating group) is 1. The molecule has 0 aliphatic rings. The predicted octanol–water partition coefficient (Wildman–Crippen LogP) is 0.911. The van der Waals surface area contributed by atoms with E-state index in [9.17, 15) is 9.59 Å². The normalized spacial score (nSPS) is 12.8. The Balaban J connectivity index is 0.00000529. The molecule has 0 spiro atoms. The number of hydrogen-bond acceptors (Lipinski definition) is 5. The van der Waals surface area contributed by atoms with Crippen LogP contribution >= 0.6 is 0 Å². The third-order valence-corrected chi connectivity index (χ3v) is 3.60. The third-order valence-electron chi connectivity index (χ3n) is 3.60. The maximum absolute atomic E-state index is 11.9. The van der Waals surface area contributed by atoms with Crippen molar-refractivity contribution < 1.29 is 47.1 Å². The fourth-order valence-electron chi connectivity index (χ4n) is 1.70. The molecule has 2 unspecified atom stereocenters. The van der Waals surface area contributed by atoms with Crippen LogP contribution in [0.3, 0.4) is 0 Å². The molecule has 0 saturated heterocycles. The van der Waals surface area contributed by atoms with Crippen molar-refractivity contribution in [2.24, 2.45) is 16.8 Å². The topological polar surface area (TPSA) is 109 Å². The average molecular weight is 406 g/mol. The zero-order valence-electron chi connectivity index (χ0n) is 14.0. The van der Waals surface area contributed by atoms with E-state index in [1.54, 1.807) is 45.2 Å². The molecule has 7 nitrogen and oxygen atoms in total. The van der Waals surface area contributed by atoms with E-state index in [0.29, 0.717) is 5.56 Å². The molecule has 1 aromatic rings. The summed E-state index contributed by atoms with van der Waals surface area (Å²) in [4.78, 5) is 28.9. The molecule has 127 valence electrons. The number of benzene rings is 1. The van der Waals surface area contributed by atoms with Gasteiger partial charge in [0.2, 0.25) is 0 Å². The van der Waals surface area contributed by atoms with Crippen LogP contribution in [-0.2, 0) is 47.1 Å². The molecule has 0 saturated carbocycles. The van der Waals surface area contributed by atoms with Crippen LogP contribution in [0.25, 0.3) is 0 Å². The smallest absolute Gasteiger partial charge is 0.263 e. The second kappa shape index (κ2) is 11.0. The molecule has 0 heterocycles. The second-order valence-electron chi connectivity index (χ2n) is 5.20. The van der Waals surface area contributed by atoms with Gasteiger partial charge in [-0.1, -0.05) is 36.3 Å². The monoisotopic (exact) mass is 406 g/mol. The molecule has 1 aromatic carbocycles. The molecular weight excluding hydrogens is 385 g/mol. The van der Waals surface area contributed by atoms with Crippen LogP contribution in [0.15, 0.2) is 29.4 Å². The first kappa shape index (κ1) is 22.4. The van der Waals surface area contributed by atoms with Crippen LogP contribution in [-0.4, -0.2) is 48.8 Å². The van der Waals surface area contributed by atoms with E-state index in [0.717, 1.165) is 5.56 Å². The molecule has 8 heteroatoms. The Hall–Kier alpha value is -1.60. The standard InChI is InChI=1S/C16H21N4O3.Y/c1-11(9-21)12(2)20(3)15(22)10-23-19-8-13-4-6-14(7-5-13)16(17)18;/h4-8,11-12H,10H2,1-3H3,(H3,17,18);/q-1;/b19-8+;. The van der Waals surface area contributed by atoms with E-state index in [-0.39, 0.29) is 63.0 Å². The number of nitrogens with two attached hydrogens (primary N) is 1. The number of nitrogens with zero attached hydrogens (tertiary/aromatic N) is 2. The van der Waals surface area contributed by atoms with Gasteiger partial charge in [-0.15, -0.1) is 5.92 Å². The third kappa shape index (κ3) is 6.88. The van der Waals surface area contributed by atoms with Gasteiger partial charge >= 0.3 is 0 Å². The van der Waals surface area contributed by atoms with Gasteiger partial charge in [0.1, 0.15) is 5.84 Å². The first-order valence-electron chi connectivity index (χ1n) is 7.10. The number of amides is 1. The first-order valence-corrected chi connectivity index (χ1v) is 7.10. The van der Waals surface area contributed by atoms with E-state index < -0.39 is 0 Å². The Kier molecular flexibility index (Phi) is 10.3. The summed E-state index contributed by atoms with van der Waals surface area (Å²) in [5.74, 6) is -0.648. The van der Waals surface area contributed by atoms with Gasteiger partial charge in [-0.25, -0.2) is 0 Å². The number of carbonyl (C=O) groups excluding carboxylic acids is 2. The number of rotatable bonds is 8. The van der Waals surface area contributed by atoms with E-state index in [1.165, 1.54) is 11.1 Å². The molecule has 1 rings (SSSR count). The Morgan fingerprint density at radius 3 is 2.50 bits per heavy atom. The van der Waals surface area contributed by atoms with Crippen LogP contribution in [0.4, 0.5) is 0 Å². The molecule has 3 N–H and O–H groups in total. The molecular formula is C16H21N4O3Y-. The largest absolute Gasteiger partial charge is 0.541 e. The molecule has 1 amide bonds. The number of amidine groups is 1. The van der Waals surface area contributed by atoms with E-state index in [1.807, 2.05) is 6.29 Å². The van der Waals surface area contributed by atoms with Gasteiger partial charge in [-0.3, -0.25) is 16.5 Å². The van der Waals surface area contributed by atoms with Crippen molar-refractivity contribution in [2.75, 3.05) is 13.7 Å². The number of hydrogen-bond donors (Lipinski definition) is 2.